The van der Waals surface area contributed by atoms with Crippen LogP contribution in [-0.4, -0.2) is 119 Å². The summed E-state index contributed by atoms with van der Waals surface area (Å²) in [6, 6.07) is 0. The highest BCUT2D eigenvalue weighted by molar-refractivity contribution is 6.23. The molecule has 0 aromatic heterocycles. The highest BCUT2D eigenvalue weighted by atomic mass is 16.5. The number of hydrogen-bond donors (Lipinski definition) is 0. The molecular weight excluding hydrogens is 518 g/mol. The van der Waals surface area contributed by atoms with Crippen molar-refractivity contribution in [3.8, 4) is 0 Å². The monoisotopic (exact) mass is 573 g/mol. The smallest absolute Gasteiger partial charge is 0.351 e. The molecule has 1 atom stereocenters. The SMILES string of the molecule is CCOC(=O)C=NN1C(C2CC(C)(C)N(C)C(C)(C)C2)=NC(C2CC(C)(C)N(C)C(C)(C)C2)=NC1N1CCOCC1. The summed E-state index contributed by atoms with van der Waals surface area (Å²) in [6.45, 7) is 23.4. The third kappa shape index (κ3) is 6.71. The molecule has 3 saturated heterocycles. The molecule has 4 heterocycles. The number of amidine groups is 2. The topological polar surface area (TPSA) is 85.6 Å². The molecule has 0 spiro atoms. The number of ether oxygens (including phenoxy) is 2. The van der Waals surface area contributed by atoms with E-state index in [1.54, 1.807) is 6.92 Å². The van der Waals surface area contributed by atoms with Gasteiger partial charge in [0.15, 0.2) is 0 Å². The van der Waals surface area contributed by atoms with Crippen LogP contribution in [0.4, 0.5) is 0 Å². The first kappa shape index (κ1) is 32.0. The Balaban J connectivity index is 1.82. The zero-order valence-electron chi connectivity index (χ0n) is 27.5. The third-order valence-electron chi connectivity index (χ3n) is 10.2. The van der Waals surface area contributed by atoms with Crippen molar-refractivity contribution in [1.29, 1.82) is 0 Å². The van der Waals surface area contributed by atoms with E-state index in [1.807, 2.05) is 5.01 Å². The molecule has 4 aliphatic heterocycles. The van der Waals surface area contributed by atoms with Gasteiger partial charge in [-0.15, -0.1) is 0 Å². The van der Waals surface area contributed by atoms with Gasteiger partial charge in [-0.3, -0.25) is 14.7 Å². The maximum atomic E-state index is 12.5. The van der Waals surface area contributed by atoms with Gasteiger partial charge in [0.1, 0.15) is 17.9 Å². The maximum Gasteiger partial charge on any atom is 0.351 e. The van der Waals surface area contributed by atoms with Crippen LogP contribution < -0.4 is 0 Å². The summed E-state index contributed by atoms with van der Waals surface area (Å²) >= 11 is 0. The van der Waals surface area contributed by atoms with Crippen LogP contribution in [0.2, 0.25) is 0 Å². The fourth-order valence-corrected chi connectivity index (χ4v) is 7.52. The van der Waals surface area contributed by atoms with Gasteiger partial charge in [-0.1, -0.05) is 0 Å². The van der Waals surface area contributed by atoms with E-state index in [1.165, 1.54) is 6.21 Å². The maximum absolute atomic E-state index is 12.5. The molecule has 0 aliphatic carbocycles. The number of carbonyl (C=O) groups is 1. The first-order chi connectivity index (χ1) is 19.0. The lowest BCUT2D eigenvalue weighted by Crippen LogP contribution is -2.63. The molecule has 232 valence electrons. The quantitative estimate of drug-likeness (QED) is 0.350. The second kappa shape index (κ2) is 11.7. The van der Waals surface area contributed by atoms with Gasteiger partial charge < -0.3 is 9.47 Å². The second-order valence-corrected chi connectivity index (χ2v) is 14.9. The summed E-state index contributed by atoms with van der Waals surface area (Å²) < 4.78 is 10.9. The van der Waals surface area contributed by atoms with E-state index in [0.29, 0.717) is 19.8 Å². The van der Waals surface area contributed by atoms with Crippen LogP contribution in [0.5, 0.6) is 0 Å². The van der Waals surface area contributed by atoms with E-state index >= 15 is 0 Å². The normalized spacial score (nSPS) is 29.8. The molecule has 4 aliphatic rings. The summed E-state index contributed by atoms with van der Waals surface area (Å²) in [5.74, 6) is 1.75. The number of hydrogen-bond acceptors (Lipinski definition) is 10. The van der Waals surface area contributed by atoms with Crippen LogP contribution in [0.25, 0.3) is 0 Å². The Kier molecular flexibility index (Phi) is 9.11. The van der Waals surface area contributed by atoms with Gasteiger partial charge >= 0.3 is 5.97 Å². The highest BCUT2D eigenvalue weighted by Crippen LogP contribution is 2.44. The van der Waals surface area contributed by atoms with E-state index in [4.69, 9.17) is 24.6 Å². The molecule has 4 rings (SSSR count). The largest absolute Gasteiger partial charge is 0.462 e. The van der Waals surface area contributed by atoms with Crippen LogP contribution in [0.15, 0.2) is 15.1 Å². The van der Waals surface area contributed by atoms with Gasteiger partial charge in [-0.25, -0.2) is 19.8 Å². The van der Waals surface area contributed by atoms with E-state index < -0.39 is 5.97 Å². The Hall–Kier alpha value is -1.88. The standard InChI is InChI=1S/C31H55N7O3/c1-12-41-24(39)21-32-38-26(23-19-30(6,7)36(11)31(8,9)20-23)33-25(34-27(38)37-13-15-40-16-14-37)22-17-28(2,3)35(10)29(4,5)18-22/h21-23,27H,12-20H2,1-11H3. The number of nitrogens with zero attached hydrogens (tertiary/aromatic N) is 7. The first-order valence-corrected chi connectivity index (χ1v) is 15.4. The number of likely N-dealkylation sites (tertiary alicyclic amines) is 2. The van der Waals surface area contributed by atoms with Crippen LogP contribution in [0, 0.1) is 11.8 Å². The predicted molar refractivity (Wildman–Crippen MR) is 165 cm³/mol. The lowest BCUT2D eigenvalue weighted by atomic mass is 9.72. The van der Waals surface area contributed by atoms with Crippen LogP contribution in [0.1, 0.15) is 88.0 Å². The molecule has 0 amide bonds. The minimum atomic E-state index is -0.454. The van der Waals surface area contributed by atoms with Crippen LogP contribution in [0.3, 0.4) is 0 Å². The number of hydrazone groups is 1. The van der Waals surface area contributed by atoms with Crippen molar-refractivity contribution in [3.05, 3.63) is 0 Å². The third-order valence-corrected chi connectivity index (χ3v) is 10.2. The number of aliphatic imine (C=N–C) groups is 2. The van der Waals surface area contributed by atoms with Gasteiger partial charge in [0, 0.05) is 47.1 Å². The Bertz CT molecular complexity index is 1020. The van der Waals surface area contributed by atoms with Crippen molar-refractivity contribution < 1.29 is 14.3 Å². The van der Waals surface area contributed by atoms with Crippen molar-refractivity contribution in [2.24, 2.45) is 26.9 Å². The van der Waals surface area contributed by atoms with Gasteiger partial charge in [-0.2, -0.15) is 5.10 Å². The van der Waals surface area contributed by atoms with E-state index in [0.717, 1.165) is 50.4 Å². The van der Waals surface area contributed by atoms with Crippen molar-refractivity contribution in [1.82, 2.24) is 19.7 Å². The molecule has 0 bridgehead atoms. The van der Waals surface area contributed by atoms with E-state index in [-0.39, 0.29) is 40.3 Å². The van der Waals surface area contributed by atoms with Gasteiger partial charge in [0.05, 0.1) is 19.8 Å². The van der Waals surface area contributed by atoms with Crippen LogP contribution >= 0.6 is 0 Å². The zero-order valence-corrected chi connectivity index (χ0v) is 27.5. The van der Waals surface area contributed by atoms with E-state index in [9.17, 15) is 4.79 Å². The fraction of sp³-hybridized carbons (Fsp3) is 0.871. The average molecular weight is 574 g/mol. The molecule has 1 unspecified atom stereocenters. The Morgan fingerprint density at radius 2 is 1.39 bits per heavy atom. The second-order valence-electron chi connectivity index (χ2n) is 14.9. The van der Waals surface area contributed by atoms with Crippen molar-refractivity contribution >= 4 is 23.9 Å². The Morgan fingerprint density at radius 1 is 0.902 bits per heavy atom. The molecule has 0 saturated carbocycles. The lowest BCUT2D eigenvalue weighted by molar-refractivity contribution is -0.134. The molecule has 0 radical (unpaired) electrons. The first-order valence-electron chi connectivity index (χ1n) is 15.4. The molecule has 0 N–H and O–H groups in total. The minimum absolute atomic E-state index is 0.00973. The number of morpholine rings is 1. The molecule has 0 aromatic carbocycles. The van der Waals surface area contributed by atoms with Gasteiger partial charge in [0.25, 0.3) is 0 Å². The van der Waals surface area contributed by atoms with Crippen molar-refractivity contribution in [2.75, 3.05) is 47.0 Å². The summed E-state index contributed by atoms with van der Waals surface area (Å²) in [5.41, 5.74) is -0.0515. The average Bonchev–Trinajstić information content (AvgIpc) is 2.88. The predicted octanol–water partition coefficient (Wildman–Crippen LogP) is 4.06. The highest BCUT2D eigenvalue weighted by Gasteiger charge is 2.49. The molecule has 10 heteroatoms. The number of rotatable bonds is 6. The molecule has 10 nitrogen and oxygen atoms in total. The summed E-state index contributed by atoms with van der Waals surface area (Å²) in [6.07, 6.45) is 4.74. The van der Waals surface area contributed by atoms with Crippen molar-refractivity contribution in [2.45, 2.75) is 116 Å². The Labute approximate surface area is 248 Å². The summed E-state index contributed by atoms with van der Waals surface area (Å²) in [4.78, 5) is 30.6. The molecular formula is C31H55N7O3. The number of esters is 1. The van der Waals surface area contributed by atoms with Gasteiger partial charge in [0.2, 0.25) is 6.29 Å². The lowest BCUT2D eigenvalue weighted by Gasteiger charge is -2.55. The Morgan fingerprint density at radius 3 is 1.88 bits per heavy atom. The summed E-state index contributed by atoms with van der Waals surface area (Å²) in [5, 5.41) is 6.69. The van der Waals surface area contributed by atoms with Crippen LogP contribution in [-0.2, 0) is 14.3 Å². The molecule has 0 aromatic rings. The molecule has 41 heavy (non-hydrogen) atoms. The minimum Gasteiger partial charge on any atom is -0.462 e. The molecule has 3 fully saturated rings. The van der Waals surface area contributed by atoms with Gasteiger partial charge in [-0.05, 0) is 102 Å². The number of piperidine rings is 2. The zero-order chi connectivity index (χ0) is 30.4. The number of carbonyl (C=O) groups excluding carboxylic acids is 1. The fourth-order valence-electron chi connectivity index (χ4n) is 7.52. The van der Waals surface area contributed by atoms with Crippen molar-refractivity contribution in [3.63, 3.8) is 0 Å². The van der Waals surface area contributed by atoms with E-state index in [2.05, 4.69) is 84.2 Å². The summed E-state index contributed by atoms with van der Waals surface area (Å²) in [7, 11) is 4.46.